The highest BCUT2D eigenvalue weighted by Crippen LogP contribution is 2.12. The van der Waals surface area contributed by atoms with Gasteiger partial charge in [-0.05, 0) is 46.5 Å². The number of halogens is 1. The van der Waals surface area contributed by atoms with Crippen LogP contribution < -0.4 is 16.0 Å². The maximum absolute atomic E-state index is 12.1. The Balaban J connectivity index is 0.00000841. The molecule has 3 N–H and O–H groups in total. The lowest BCUT2D eigenvalue weighted by molar-refractivity contribution is 0.0491. The second-order valence-electron chi connectivity index (χ2n) is 8.55. The number of carbonyl (C=O) groups is 2. The van der Waals surface area contributed by atoms with E-state index in [1.54, 1.807) is 11.9 Å². The molecule has 9 nitrogen and oxygen atoms in total. The number of nitrogens with one attached hydrogen (secondary N) is 3. The van der Waals surface area contributed by atoms with E-state index >= 15 is 0 Å². The van der Waals surface area contributed by atoms with Gasteiger partial charge in [-0.1, -0.05) is 13.8 Å². The van der Waals surface area contributed by atoms with Gasteiger partial charge in [-0.25, -0.2) is 9.59 Å². The van der Waals surface area contributed by atoms with Gasteiger partial charge in [-0.2, -0.15) is 0 Å². The second kappa shape index (κ2) is 13.8. The van der Waals surface area contributed by atoms with Gasteiger partial charge in [0.05, 0.1) is 12.6 Å². The highest BCUT2D eigenvalue weighted by molar-refractivity contribution is 14.0. The maximum atomic E-state index is 12.1. The first kappa shape index (κ1) is 28.5. The Kier molecular flexibility index (Phi) is 13.1. The third-order valence-corrected chi connectivity index (χ3v) is 4.58. The summed E-state index contributed by atoms with van der Waals surface area (Å²) in [6.45, 7) is 13.7. The minimum absolute atomic E-state index is 0. The van der Waals surface area contributed by atoms with Gasteiger partial charge in [0.2, 0.25) is 0 Å². The molecule has 1 aliphatic rings. The zero-order chi connectivity index (χ0) is 22.0. The molecule has 0 radical (unpaired) electrons. The van der Waals surface area contributed by atoms with E-state index in [2.05, 4.69) is 20.9 Å². The molecule has 1 atom stereocenters. The summed E-state index contributed by atoms with van der Waals surface area (Å²) >= 11 is 0. The summed E-state index contributed by atoms with van der Waals surface area (Å²) in [6, 6.07) is 0.122. The Hall–Kier alpha value is -1.46. The Morgan fingerprint density at radius 2 is 1.80 bits per heavy atom. The molecule has 1 unspecified atom stereocenters. The average molecular weight is 541 g/mol. The number of alkyl carbamates (subject to hydrolysis) is 1. The second-order valence-corrected chi connectivity index (χ2v) is 8.55. The van der Waals surface area contributed by atoms with Crippen LogP contribution in [0.1, 0.15) is 54.4 Å². The molecule has 0 bridgehead atoms. The normalized spacial score (nSPS) is 16.4. The number of rotatable bonds is 6. The molecule has 0 saturated carbocycles. The van der Waals surface area contributed by atoms with Gasteiger partial charge in [-0.15, -0.1) is 24.0 Å². The molecule has 0 aliphatic carbocycles. The molecule has 0 spiro atoms. The zero-order valence-corrected chi connectivity index (χ0v) is 21.7. The summed E-state index contributed by atoms with van der Waals surface area (Å²) in [5.74, 6) is 0.900. The molecular weight excluding hydrogens is 501 g/mol. The molecule has 30 heavy (non-hydrogen) atoms. The van der Waals surface area contributed by atoms with E-state index in [-0.39, 0.29) is 48.1 Å². The minimum Gasteiger partial charge on any atom is -0.450 e. The van der Waals surface area contributed by atoms with E-state index in [9.17, 15) is 9.59 Å². The van der Waals surface area contributed by atoms with E-state index in [4.69, 9.17) is 9.47 Å². The molecule has 1 rings (SSSR count). The van der Waals surface area contributed by atoms with Gasteiger partial charge in [0.25, 0.3) is 0 Å². The Morgan fingerprint density at radius 3 is 2.27 bits per heavy atom. The smallest absolute Gasteiger partial charge is 0.409 e. The molecule has 2 amide bonds. The monoisotopic (exact) mass is 541 g/mol. The van der Waals surface area contributed by atoms with Crippen LogP contribution in [0.3, 0.4) is 0 Å². The predicted octanol–water partition coefficient (Wildman–Crippen LogP) is 2.94. The molecule has 0 aromatic rings. The molecule has 1 heterocycles. The van der Waals surface area contributed by atoms with Crippen LogP contribution in [0.15, 0.2) is 4.99 Å². The van der Waals surface area contributed by atoms with Crippen LogP contribution in [0.4, 0.5) is 9.59 Å². The summed E-state index contributed by atoms with van der Waals surface area (Å²) < 4.78 is 10.4. The van der Waals surface area contributed by atoms with Crippen molar-refractivity contribution in [1.82, 2.24) is 20.9 Å². The number of carbonyl (C=O) groups excluding carboxylic acids is 2. The first-order valence-electron chi connectivity index (χ1n) is 10.4. The molecule has 1 fully saturated rings. The van der Waals surface area contributed by atoms with Crippen LogP contribution in [0, 0.1) is 5.92 Å². The van der Waals surface area contributed by atoms with E-state index in [0.29, 0.717) is 32.2 Å². The molecule has 0 aromatic heterocycles. The van der Waals surface area contributed by atoms with Crippen LogP contribution in [-0.2, 0) is 9.47 Å². The van der Waals surface area contributed by atoms with Gasteiger partial charge in [-0.3, -0.25) is 4.99 Å². The highest BCUT2D eigenvalue weighted by atomic mass is 127. The van der Waals surface area contributed by atoms with Crippen molar-refractivity contribution in [2.24, 2.45) is 10.9 Å². The lowest BCUT2D eigenvalue weighted by atomic mass is 10.0. The topological polar surface area (TPSA) is 104 Å². The Bertz CT molecular complexity index is 558. The fourth-order valence-corrected chi connectivity index (χ4v) is 2.93. The van der Waals surface area contributed by atoms with Crippen molar-refractivity contribution >= 4 is 42.1 Å². The summed E-state index contributed by atoms with van der Waals surface area (Å²) in [5.41, 5.74) is -0.533. The number of guanidine groups is 1. The van der Waals surface area contributed by atoms with Crippen molar-refractivity contribution in [3.05, 3.63) is 0 Å². The zero-order valence-electron chi connectivity index (χ0n) is 19.4. The first-order valence-corrected chi connectivity index (χ1v) is 10.4. The van der Waals surface area contributed by atoms with E-state index in [1.807, 2.05) is 41.5 Å². The minimum atomic E-state index is -0.533. The largest absolute Gasteiger partial charge is 0.450 e. The molecule has 1 saturated heterocycles. The summed E-state index contributed by atoms with van der Waals surface area (Å²) in [5, 5.41) is 9.60. The quantitative estimate of drug-likeness (QED) is 0.272. The SMILES string of the molecule is CCOC(=O)N1CCC(NC(=NC)NCC(NC(=O)OC(C)(C)C)C(C)C)CC1.I. The van der Waals surface area contributed by atoms with Gasteiger partial charge < -0.3 is 30.3 Å². The molecule has 1 aliphatic heterocycles. The number of amides is 2. The summed E-state index contributed by atoms with van der Waals surface area (Å²) in [6.07, 6.45) is 0.973. The van der Waals surface area contributed by atoms with E-state index in [0.717, 1.165) is 12.8 Å². The number of likely N-dealkylation sites (tertiary alicyclic amines) is 1. The lowest BCUT2D eigenvalue weighted by Crippen LogP contribution is -2.53. The van der Waals surface area contributed by atoms with Gasteiger partial charge >= 0.3 is 12.2 Å². The first-order chi connectivity index (χ1) is 13.6. The Morgan fingerprint density at radius 1 is 1.20 bits per heavy atom. The van der Waals surface area contributed by atoms with Crippen LogP contribution in [0.25, 0.3) is 0 Å². The standard InChI is InChI=1S/C20H39N5O4.HI/c1-8-28-19(27)25-11-9-15(10-12-25)23-17(21-7)22-13-16(14(2)3)24-18(26)29-20(4,5)6;/h14-16H,8-13H2,1-7H3,(H,24,26)(H2,21,22,23);1H. The van der Waals surface area contributed by atoms with Gasteiger partial charge in [0.15, 0.2) is 5.96 Å². The lowest BCUT2D eigenvalue weighted by Gasteiger charge is -2.32. The van der Waals surface area contributed by atoms with Crippen molar-refractivity contribution in [1.29, 1.82) is 0 Å². The van der Waals surface area contributed by atoms with Crippen LogP contribution in [0.5, 0.6) is 0 Å². The number of piperidine rings is 1. The molecule has 10 heteroatoms. The summed E-state index contributed by atoms with van der Waals surface area (Å²) in [4.78, 5) is 29.9. The third-order valence-electron chi connectivity index (χ3n) is 4.58. The average Bonchev–Trinajstić information content (AvgIpc) is 2.62. The highest BCUT2D eigenvalue weighted by Gasteiger charge is 2.25. The van der Waals surface area contributed by atoms with Crippen molar-refractivity contribution in [3.8, 4) is 0 Å². The van der Waals surface area contributed by atoms with Gasteiger partial charge in [0, 0.05) is 32.7 Å². The van der Waals surface area contributed by atoms with Gasteiger partial charge in [0.1, 0.15) is 5.60 Å². The molecular formula is C20H40IN5O4. The fraction of sp³-hybridized carbons (Fsp3) is 0.850. The Labute approximate surface area is 198 Å². The fourth-order valence-electron chi connectivity index (χ4n) is 2.93. The third kappa shape index (κ3) is 11.1. The van der Waals surface area contributed by atoms with Crippen molar-refractivity contribution < 1.29 is 19.1 Å². The van der Waals surface area contributed by atoms with Crippen molar-refractivity contribution in [2.75, 3.05) is 33.3 Å². The predicted molar refractivity (Wildman–Crippen MR) is 130 cm³/mol. The van der Waals surface area contributed by atoms with Crippen LogP contribution in [-0.4, -0.2) is 74.0 Å². The maximum Gasteiger partial charge on any atom is 0.409 e. The summed E-state index contributed by atoms with van der Waals surface area (Å²) in [7, 11) is 1.72. The number of aliphatic imine (C=N–C) groups is 1. The van der Waals surface area contributed by atoms with E-state index < -0.39 is 11.7 Å². The number of hydrogen-bond donors (Lipinski definition) is 3. The van der Waals surface area contributed by atoms with Crippen molar-refractivity contribution in [3.63, 3.8) is 0 Å². The van der Waals surface area contributed by atoms with Crippen LogP contribution in [0.2, 0.25) is 0 Å². The van der Waals surface area contributed by atoms with Crippen molar-refractivity contribution in [2.45, 2.75) is 72.1 Å². The number of hydrogen-bond acceptors (Lipinski definition) is 5. The molecule has 0 aromatic carbocycles. The van der Waals surface area contributed by atoms with E-state index in [1.165, 1.54) is 0 Å². The number of ether oxygens (including phenoxy) is 2. The molecule has 176 valence electrons. The number of nitrogens with zero attached hydrogens (tertiary/aromatic N) is 2. The van der Waals surface area contributed by atoms with Crippen LogP contribution >= 0.6 is 24.0 Å².